The summed E-state index contributed by atoms with van der Waals surface area (Å²) in [6.45, 7) is 0. The van der Waals surface area contributed by atoms with Crippen molar-refractivity contribution in [2.75, 3.05) is 0 Å². The van der Waals surface area contributed by atoms with Crippen molar-refractivity contribution >= 4 is 0 Å². The van der Waals surface area contributed by atoms with Crippen LogP contribution in [-0.2, 0) is 0 Å². The zero-order valence-corrected chi connectivity index (χ0v) is 13.6. The van der Waals surface area contributed by atoms with Crippen LogP contribution in [0.2, 0.25) is 0 Å². The van der Waals surface area contributed by atoms with Crippen LogP contribution in [0, 0.1) is 47.3 Å². The minimum absolute atomic E-state index is 0.424. The highest BCUT2D eigenvalue weighted by Crippen LogP contribution is 2.71. The lowest BCUT2D eigenvalue weighted by molar-refractivity contribution is -0.194. The van der Waals surface area contributed by atoms with Crippen LogP contribution in [0.3, 0.4) is 0 Å². The number of rotatable bonds is 1. The van der Waals surface area contributed by atoms with E-state index in [9.17, 15) is 10.2 Å². The second-order valence-electron chi connectivity index (χ2n) is 9.97. The topological polar surface area (TPSA) is 40.5 Å². The molecule has 0 aliphatic heterocycles. The molecule has 0 heterocycles. The molecule has 0 amide bonds. The van der Waals surface area contributed by atoms with Gasteiger partial charge in [0.05, 0.1) is 11.2 Å². The maximum Gasteiger partial charge on any atom is 0.0969 e. The number of hydrogen-bond acceptors (Lipinski definition) is 2. The zero-order chi connectivity index (χ0) is 14.7. The molecule has 6 saturated carbocycles. The van der Waals surface area contributed by atoms with E-state index >= 15 is 0 Å². The summed E-state index contributed by atoms with van der Waals surface area (Å²) in [6.07, 6.45) is 12.3. The van der Waals surface area contributed by atoms with Crippen molar-refractivity contribution in [1.82, 2.24) is 0 Å². The molecule has 0 bridgehead atoms. The fourth-order valence-electron chi connectivity index (χ4n) is 9.24. The smallest absolute Gasteiger partial charge is 0.0969 e. The Morgan fingerprint density at radius 2 is 0.864 bits per heavy atom. The van der Waals surface area contributed by atoms with E-state index in [0.717, 1.165) is 48.3 Å². The van der Waals surface area contributed by atoms with E-state index in [4.69, 9.17) is 0 Å². The van der Waals surface area contributed by atoms with Crippen molar-refractivity contribution in [2.45, 2.75) is 75.4 Å². The molecule has 6 aliphatic rings. The highest BCUT2D eigenvalue weighted by molar-refractivity contribution is 5.23. The van der Waals surface area contributed by atoms with Gasteiger partial charge in [0, 0.05) is 0 Å². The Bertz CT molecular complexity index is 472. The lowest BCUT2D eigenvalue weighted by Gasteiger charge is -2.47. The molecular formula is C20H30O2. The monoisotopic (exact) mass is 302 g/mol. The molecule has 6 rings (SSSR count). The van der Waals surface area contributed by atoms with Gasteiger partial charge in [-0.15, -0.1) is 0 Å². The summed E-state index contributed by atoms with van der Waals surface area (Å²) in [7, 11) is 0. The predicted octanol–water partition coefficient (Wildman–Crippen LogP) is 3.36. The average Bonchev–Trinajstić information content (AvgIpc) is 3.24. The summed E-state index contributed by atoms with van der Waals surface area (Å²) in [5.74, 6) is 5.57. The molecule has 2 nitrogen and oxygen atoms in total. The normalized spacial score (nSPS) is 67.9. The van der Waals surface area contributed by atoms with Gasteiger partial charge in [0.15, 0.2) is 0 Å². The molecule has 6 fully saturated rings. The quantitative estimate of drug-likeness (QED) is 0.780. The Morgan fingerprint density at radius 1 is 0.500 bits per heavy atom. The maximum absolute atomic E-state index is 11.9. The van der Waals surface area contributed by atoms with Crippen LogP contribution >= 0.6 is 0 Å². The molecule has 0 aromatic rings. The molecule has 0 radical (unpaired) electrons. The summed E-state index contributed by atoms with van der Waals surface area (Å²) in [6, 6.07) is 0. The minimum Gasteiger partial charge on any atom is -0.387 e. The second kappa shape index (κ2) is 3.94. The Hall–Kier alpha value is -0.0800. The van der Waals surface area contributed by atoms with Crippen molar-refractivity contribution in [3.63, 3.8) is 0 Å². The second-order valence-corrected chi connectivity index (χ2v) is 9.97. The molecule has 6 aliphatic carbocycles. The summed E-state index contributed by atoms with van der Waals surface area (Å²) < 4.78 is 0. The van der Waals surface area contributed by atoms with Crippen molar-refractivity contribution < 1.29 is 10.2 Å². The van der Waals surface area contributed by atoms with Crippen LogP contribution in [0.4, 0.5) is 0 Å². The predicted molar refractivity (Wildman–Crippen MR) is 84.0 cm³/mol. The molecule has 2 heteroatoms. The molecule has 2 N–H and O–H groups in total. The molecule has 0 aromatic carbocycles. The van der Waals surface area contributed by atoms with Gasteiger partial charge in [-0.25, -0.2) is 0 Å². The van der Waals surface area contributed by atoms with Crippen molar-refractivity contribution in [1.29, 1.82) is 0 Å². The first-order chi connectivity index (χ1) is 10.6. The maximum atomic E-state index is 11.9. The molecule has 122 valence electrons. The van der Waals surface area contributed by atoms with E-state index in [1.165, 1.54) is 51.4 Å². The van der Waals surface area contributed by atoms with E-state index in [2.05, 4.69) is 0 Å². The fourth-order valence-corrected chi connectivity index (χ4v) is 9.24. The third kappa shape index (κ3) is 1.27. The van der Waals surface area contributed by atoms with Gasteiger partial charge in [-0.05, 0) is 112 Å². The molecule has 0 spiro atoms. The van der Waals surface area contributed by atoms with E-state index in [1.54, 1.807) is 0 Å². The average molecular weight is 302 g/mol. The van der Waals surface area contributed by atoms with E-state index < -0.39 is 11.2 Å². The Morgan fingerprint density at radius 3 is 1.32 bits per heavy atom. The van der Waals surface area contributed by atoms with Crippen molar-refractivity contribution in [2.24, 2.45) is 47.3 Å². The zero-order valence-electron chi connectivity index (χ0n) is 13.6. The summed E-state index contributed by atoms with van der Waals surface area (Å²) in [4.78, 5) is 0. The van der Waals surface area contributed by atoms with Gasteiger partial charge in [-0.2, -0.15) is 0 Å². The molecule has 22 heavy (non-hydrogen) atoms. The summed E-state index contributed by atoms with van der Waals surface area (Å²) in [5, 5.41) is 23.7. The SMILES string of the molecule is O[C@@]1([C@]2(O)C[C@@H]3CC[C@H]4CC[C@H]2[C@H]43)C[C@H]2CC[C@H]3CC[C@H]1[C@H]32. The lowest BCUT2D eigenvalue weighted by Crippen LogP contribution is -2.59. The molecular weight excluding hydrogens is 272 g/mol. The minimum atomic E-state index is -0.735. The van der Waals surface area contributed by atoms with Crippen molar-refractivity contribution in [3.8, 4) is 0 Å². The number of hydrogen-bond donors (Lipinski definition) is 2. The summed E-state index contributed by atoms with van der Waals surface area (Å²) >= 11 is 0. The largest absolute Gasteiger partial charge is 0.387 e. The highest BCUT2D eigenvalue weighted by atomic mass is 16.4. The molecule has 10 atom stereocenters. The van der Waals surface area contributed by atoms with Crippen molar-refractivity contribution in [3.05, 3.63) is 0 Å². The molecule has 0 aromatic heterocycles. The highest BCUT2D eigenvalue weighted by Gasteiger charge is 2.73. The summed E-state index contributed by atoms with van der Waals surface area (Å²) in [5.41, 5.74) is -1.47. The number of aliphatic hydroxyl groups is 2. The molecule has 0 saturated heterocycles. The third-order valence-corrected chi connectivity index (χ3v) is 9.74. The van der Waals surface area contributed by atoms with Gasteiger partial charge in [0.2, 0.25) is 0 Å². The van der Waals surface area contributed by atoms with E-state index in [-0.39, 0.29) is 0 Å². The Balaban J connectivity index is 1.41. The first-order valence-electron chi connectivity index (χ1n) is 10.1. The van der Waals surface area contributed by atoms with Crippen LogP contribution in [-0.4, -0.2) is 21.4 Å². The van der Waals surface area contributed by atoms with E-state index in [1.807, 2.05) is 0 Å². The lowest BCUT2D eigenvalue weighted by atomic mass is 9.67. The molecule has 0 unspecified atom stereocenters. The van der Waals surface area contributed by atoms with Gasteiger partial charge >= 0.3 is 0 Å². The van der Waals surface area contributed by atoms with Crippen LogP contribution in [0.15, 0.2) is 0 Å². The van der Waals surface area contributed by atoms with Gasteiger partial charge in [0.1, 0.15) is 0 Å². The van der Waals surface area contributed by atoms with Gasteiger partial charge < -0.3 is 10.2 Å². The Labute approximate surface area is 133 Å². The first-order valence-corrected chi connectivity index (χ1v) is 10.1. The van der Waals surface area contributed by atoms with Crippen LogP contribution in [0.1, 0.15) is 64.2 Å². The van der Waals surface area contributed by atoms with Gasteiger partial charge in [0.25, 0.3) is 0 Å². The van der Waals surface area contributed by atoms with E-state index in [0.29, 0.717) is 11.8 Å². The van der Waals surface area contributed by atoms with Crippen LogP contribution < -0.4 is 0 Å². The van der Waals surface area contributed by atoms with Crippen LogP contribution in [0.25, 0.3) is 0 Å². The fraction of sp³-hybridized carbons (Fsp3) is 1.00. The Kier molecular flexibility index (Phi) is 2.37. The third-order valence-electron chi connectivity index (χ3n) is 9.74. The standard InChI is InChI=1S/C20H30O2/c21-19(9-13-3-1-11-5-7-15(19)17(11)13)20(22)10-14-4-2-12-6-8-16(20)18(12)14/h11-18,21-22H,1-10H2/t11-,12-,13-,14+,15-,16-,17+,18+,19-,20-/m0/s1. The van der Waals surface area contributed by atoms with Gasteiger partial charge in [-0.1, -0.05) is 0 Å². The van der Waals surface area contributed by atoms with Gasteiger partial charge in [-0.3, -0.25) is 0 Å². The first kappa shape index (κ1) is 13.2. The van der Waals surface area contributed by atoms with Crippen LogP contribution in [0.5, 0.6) is 0 Å².